The third-order valence-electron chi connectivity index (χ3n) is 3.00. The normalized spacial score (nSPS) is 11.2. The summed E-state index contributed by atoms with van der Waals surface area (Å²) in [5.74, 6) is 0.945. The summed E-state index contributed by atoms with van der Waals surface area (Å²) in [6.45, 7) is 1.99. The van der Waals surface area contributed by atoms with Crippen LogP contribution in [-0.2, 0) is 5.88 Å². The summed E-state index contributed by atoms with van der Waals surface area (Å²) in [6, 6.07) is 7.58. The zero-order valence-electron chi connectivity index (χ0n) is 10.6. The van der Waals surface area contributed by atoms with Crippen molar-refractivity contribution in [1.29, 1.82) is 0 Å². The fraction of sp³-hybridized carbons (Fsp3) is 0.143. The minimum atomic E-state index is 0.262. The molecule has 0 aliphatic heterocycles. The molecule has 2 heterocycles. The molecule has 6 heteroatoms. The molecule has 0 unspecified atom stereocenters. The summed E-state index contributed by atoms with van der Waals surface area (Å²) in [6.07, 6.45) is 1.59. The van der Waals surface area contributed by atoms with Crippen molar-refractivity contribution in [2.45, 2.75) is 12.8 Å². The Morgan fingerprint density at radius 1 is 1.20 bits per heavy atom. The van der Waals surface area contributed by atoms with Crippen molar-refractivity contribution >= 4 is 46.0 Å². The van der Waals surface area contributed by atoms with Crippen LogP contribution in [0.15, 0.2) is 30.5 Å². The minimum absolute atomic E-state index is 0.262. The van der Waals surface area contributed by atoms with Crippen LogP contribution in [0.25, 0.3) is 16.9 Å². The highest BCUT2D eigenvalue weighted by atomic mass is 35.5. The number of rotatable bonds is 2. The van der Waals surface area contributed by atoms with E-state index in [0.29, 0.717) is 27.0 Å². The number of pyridine rings is 1. The molecular formula is C14H10Cl3N3. The molecule has 1 aromatic carbocycles. The largest absolute Gasteiger partial charge is 0.278 e. The first kappa shape index (κ1) is 13.7. The molecule has 0 N–H and O–H groups in total. The number of aryl methyl sites for hydroxylation is 1. The summed E-state index contributed by atoms with van der Waals surface area (Å²) in [7, 11) is 0. The molecule has 3 rings (SSSR count). The van der Waals surface area contributed by atoms with Crippen LogP contribution in [-0.4, -0.2) is 14.5 Å². The van der Waals surface area contributed by atoms with Gasteiger partial charge in [0, 0.05) is 6.20 Å². The second-order valence-corrected chi connectivity index (χ2v) is 5.56. The van der Waals surface area contributed by atoms with Crippen molar-refractivity contribution in [3.8, 4) is 5.69 Å². The number of alkyl halides is 1. The van der Waals surface area contributed by atoms with Crippen molar-refractivity contribution < 1.29 is 0 Å². The van der Waals surface area contributed by atoms with Crippen molar-refractivity contribution in [2.75, 3.05) is 0 Å². The third-order valence-corrected chi connectivity index (χ3v) is 3.75. The highest BCUT2D eigenvalue weighted by Crippen LogP contribution is 2.28. The van der Waals surface area contributed by atoms with E-state index in [-0.39, 0.29) is 5.88 Å². The van der Waals surface area contributed by atoms with Gasteiger partial charge in [0.2, 0.25) is 0 Å². The Labute approximate surface area is 131 Å². The molecule has 0 atom stereocenters. The molecule has 0 spiro atoms. The molecule has 0 saturated carbocycles. The fourth-order valence-corrected chi connectivity index (χ4v) is 2.77. The Balaban J connectivity index is 2.34. The molecule has 0 aliphatic rings. The number of halogens is 3. The second-order valence-electron chi connectivity index (χ2n) is 4.45. The van der Waals surface area contributed by atoms with E-state index >= 15 is 0 Å². The number of imidazole rings is 1. The maximum absolute atomic E-state index is 6.34. The monoisotopic (exact) mass is 325 g/mol. The molecule has 3 aromatic rings. The summed E-state index contributed by atoms with van der Waals surface area (Å²) >= 11 is 18.3. The SMILES string of the molecule is Cc1ccc(-n2c(CCl)nc3cc(Cl)cnc32)c(Cl)c1. The molecule has 0 saturated heterocycles. The smallest absolute Gasteiger partial charge is 0.164 e. The van der Waals surface area contributed by atoms with E-state index in [1.807, 2.05) is 29.7 Å². The summed E-state index contributed by atoms with van der Waals surface area (Å²) in [5, 5.41) is 1.17. The molecule has 20 heavy (non-hydrogen) atoms. The predicted molar refractivity (Wildman–Crippen MR) is 83.2 cm³/mol. The molecule has 0 aliphatic carbocycles. The van der Waals surface area contributed by atoms with Crippen molar-refractivity contribution in [3.05, 3.63) is 51.9 Å². The van der Waals surface area contributed by atoms with Crippen LogP contribution in [0.2, 0.25) is 10.0 Å². The van der Waals surface area contributed by atoms with E-state index in [9.17, 15) is 0 Å². The number of nitrogens with zero attached hydrogens (tertiary/aromatic N) is 3. The average Bonchev–Trinajstić information content (AvgIpc) is 2.76. The van der Waals surface area contributed by atoms with Gasteiger partial charge in [-0.05, 0) is 30.7 Å². The van der Waals surface area contributed by atoms with Gasteiger partial charge in [-0.3, -0.25) is 4.57 Å². The van der Waals surface area contributed by atoms with Gasteiger partial charge in [0.25, 0.3) is 0 Å². The van der Waals surface area contributed by atoms with Crippen LogP contribution in [0.1, 0.15) is 11.4 Å². The van der Waals surface area contributed by atoms with Crippen LogP contribution in [0.4, 0.5) is 0 Å². The highest BCUT2D eigenvalue weighted by molar-refractivity contribution is 6.32. The van der Waals surface area contributed by atoms with E-state index in [1.54, 1.807) is 12.3 Å². The van der Waals surface area contributed by atoms with Crippen LogP contribution in [0.3, 0.4) is 0 Å². The van der Waals surface area contributed by atoms with Gasteiger partial charge in [-0.25, -0.2) is 9.97 Å². The van der Waals surface area contributed by atoms with Crippen molar-refractivity contribution in [3.63, 3.8) is 0 Å². The van der Waals surface area contributed by atoms with E-state index < -0.39 is 0 Å². The van der Waals surface area contributed by atoms with Crippen LogP contribution >= 0.6 is 34.8 Å². The number of fused-ring (bicyclic) bond motifs is 1. The Morgan fingerprint density at radius 2 is 2.00 bits per heavy atom. The van der Waals surface area contributed by atoms with Gasteiger partial charge in [-0.1, -0.05) is 29.3 Å². The number of hydrogen-bond acceptors (Lipinski definition) is 2. The lowest BCUT2D eigenvalue weighted by Crippen LogP contribution is -2.01. The molecule has 102 valence electrons. The number of benzene rings is 1. The van der Waals surface area contributed by atoms with Crippen LogP contribution < -0.4 is 0 Å². The second kappa shape index (κ2) is 5.24. The number of aromatic nitrogens is 3. The standard InChI is InChI=1S/C14H10Cl3N3/c1-8-2-3-12(10(17)4-8)20-13(6-15)19-11-5-9(16)7-18-14(11)20/h2-5,7H,6H2,1H3. The van der Waals surface area contributed by atoms with E-state index in [0.717, 1.165) is 11.3 Å². The number of hydrogen-bond donors (Lipinski definition) is 0. The molecule has 0 bridgehead atoms. The van der Waals surface area contributed by atoms with Gasteiger partial charge in [0.1, 0.15) is 11.3 Å². The van der Waals surface area contributed by atoms with Crippen molar-refractivity contribution in [1.82, 2.24) is 14.5 Å². The average molecular weight is 327 g/mol. The zero-order chi connectivity index (χ0) is 14.3. The molecule has 0 radical (unpaired) electrons. The Bertz CT molecular complexity index is 796. The lowest BCUT2D eigenvalue weighted by molar-refractivity contribution is 0.969. The Kier molecular flexibility index (Phi) is 3.59. The maximum Gasteiger partial charge on any atom is 0.164 e. The Hall–Kier alpha value is -1.29. The highest BCUT2D eigenvalue weighted by Gasteiger charge is 2.15. The first-order chi connectivity index (χ1) is 9.60. The quantitative estimate of drug-likeness (QED) is 0.635. The van der Waals surface area contributed by atoms with Gasteiger partial charge in [-0.2, -0.15) is 0 Å². The third kappa shape index (κ3) is 2.26. The van der Waals surface area contributed by atoms with Crippen molar-refractivity contribution in [2.24, 2.45) is 0 Å². The summed E-state index contributed by atoms with van der Waals surface area (Å²) in [4.78, 5) is 8.80. The maximum atomic E-state index is 6.34. The lowest BCUT2D eigenvalue weighted by Gasteiger charge is -2.09. The van der Waals surface area contributed by atoms with Gasteiger partial charge in [-0.15, -0.1) is 11.6 Å². The predicted octanol–water partition coefficient (Wildman–Crippen LogP) is 4.77. The molecular weight excluding hydrogens is 317 g/mol. The van der Waals surface area contributed by atoms with Gasteiger partial charge < -0.3 is 0 Å². The summed E-state index contributed by atoms with van der Waals surface area (Å²) in [5.41, 5.74) is 3.29. The summed E-state index contributed by atoms with van der Waals surface area (Å²) < 4.78 is 1.86. The topological polar surface area (TPSA) is 30.7 Å². The van der Waals surface area contributed by atoms with Gasteiger partial charge in [0.15, 0.2) is 5.65 Å². The first-order valence-corrected chi connectivity index (χ1v) is 7.24. The zero-order valence-corrected chi connectivity index (χ0v) is 12.8. The Morgan fingerprint density at radius 3 is 2.70 bits per heavy atom. The van der Waals surface area contributed by atoms with E-state index in [4.69, 9.17) is 34.8 Å². The van der Waals surface area contributed by atoms with Gasteiger partial charge in [0.05, 0.1) is 21.6 Å². The van der Waals surface area contributed by atoms with E-state index in [1.165, 1.54) is 0 Å². The van der Waals surface area contributed by atoms with Gasteiger partial charge >= 0.3 is 0 Å². The molecule has 2 aromatic heterocycles. The van der Waals surface area contributed by atoms with Crippen LogP contribution in [0, 0.1) is 6.92 Å². The van der Waals surface area contributed by atoms with E-state index in [2.05, 4.69) is 9.97 Å². The first-order valence-electron chi connectivity index (χ1n) is 5.95. The minimum Gasteiger partial charge on any atom is -0.278 e. The fourth-order valence-electron chi connectivity index (χ4n) is 2.12. The molecule has 0 amide bonds. The van der Waals surface area contributed by atoms with Crippen LogP contribution in [0.5, 0.6) is 0 Å². The molecule has 3 nitrogen and oxygen atoms in total. The lowest BCUT2D eigenvalue weighted by atomic mass is 10.2. The molecule has 0 fully saturated rings.